The normalized spacial score (nSPS) is 14.6. The summed E-state index contributed by atoms with van der Waals surface area (Å²) >= 11 is 5.82. The first-order valence-electron chi connectivity index (χ1n) is 6.09. The van der Waals surface area contributed by atoms with E-state index in [1.807, 2.05) is 0 Å². The van der Waals surface area contributed by atoms with Crippen molar-refractivity contribution in [2.24, 2.45) is 5.92 Å². The number of esters is 1. The lowest BCUT2D eigenvalue weighted by molar-refractivity contribution is -0.155. The zero-order chi connectivity index (χ0) is 15.7. The van der Waals surface area contributed by atoms with E-state index in [9.17, 15) is 19.2 Å². The molecular formula is C14H12ClNO5. The van der Waals surface area contributed by atoms with E-state index < -0.39 is 29.5 Å². The number of hydrogen-bond acceptors (Lipinski definition) is 5. The van der Waals surface area contributed by atoms with Gasteiger partial charge in [-0.05, 0) is 24.6 Å². The van der Waals surface area contributed by atoms with Crippen molar-refractivity contribution >= 4 is 35.2 Å². The van der Waals surface area contributed by atoms with Gasteiger partial charge in [0.25, 0.3) is 11.8 Å². The predicted molar refractivity (Wildman–Crippen MR) is 72.5 cm³/mol. The van der Waals surface area contributed by atoms with Crippen LogP contribution in [0.25, 0.3) is 0 Å². The Morgan fingerprint density at radius 2 is 2.00 bits per heavy atom. The molecule has 0 radical (unpaired) electrons. The molecule has 1 aliphatic rings. The van der Waals surface area contributed by atoms with Gasteiger partial charge in [-0.3, -0.25) is 24.1 Å². The molecule has 110 valence electrons. The zero-order valence-electron chi connectivity index (χ0n) is 11.4. The number of halogens is 1. The van der Waals surface area contributed by atoms with Crippen LogP contribution in [0.15, 0.2) is 18.2 Å². The van der Waals surface area contributed by atoms with Gasteiger partial charge in [0.1, 0.15) is 0 Å². The van der Waals surface area contributed by atoms with Gasteiger partial charge in [-0.1, -0.05) is 17.7 Å². The van der Waals surface area contributed by atoms with Gasteiger partial charge in [-0.25, -0.2) is 0 Å². The maximum absolute atomic E-state index is 12.3. The summed E-state index contributed by atoms with van der Waals surface area (Å²) in [6.45, 7) is 1.11. The van der Waals surface area contributed by atoms with Gasteiger partial charge in [0, 0.05) is 10.6 Å². The second-order valence-electron chi connectivity index (χ2n) is 4.60. The molecule has 0 fully saturated rings. The molecule has 21 heavy (non-hydrogen) atoms. The average molecular weight is 310 g/mol. The van der Waals surface area contributed by atoms with Crippen molar-refractivity contribution in [3.05, 3.63) is 34.3 Å². The van der Waals surface area contributed by atoms with Crippen LogP contribution in [0.2, 0.25) is 5.02 Å². The molecule has 0 saturated heterocycles. The molecule has 1 heterocycles. The topological polar surface area (TPSA) is 80.8 Å². The zero-order valence-corrected chi connectivity index (χ0v) is 12.1. The van der Waals surface area contributed by atoms with E-state index in [0.717, 1.165) is 18.9 Å². The van der Waals surface area contributed by atoms with Gasteiger partial charge in [0.15, 0.2) is 11.7 Å². The highest BCUT2D eigenvalue weighted by atomic mass is 35.5. The number of rotatable bonds is 3. The summed E-state index contributed by atoms with van der Waals surface area (Å²) < 4.78 is 4.45. The number of nitrogens with zero attached hydrogens (tertiary/aromatic N) is 1. The fourth-order valence-electron chi connectivity index (χ4n) is 2.17. The fraction of sp³-hybridized carbons (Fsp3) is 0.286. The first-order chi connectivity index (χ1) is 9.86. The van der Waals surface area contributed by atoms with Gasteiger partial charge in [0.2, 0.25) is 0 Å². The molecule has 0 saturated carbocycles. The molecule has 0 aromatic heterocycles. The van der Waals surface area contributed by atoms with Gasteiger partial charge >= 0.3 is 5.97 Å². The molecule has 1 atom stereocenters. The third-order valence-electron chi connectivity index (χ3n) is 3.23. The number of methoxy groups -OCH3 is 1. The summed E-state index contributed by atoms with van der Waals surface area (Å²) in [6.07, 6.45) is 0. The average Bonchev–Trinajstić information content (AvgIpc) is 2.75. The first-order valence-corrected chi connectivity index (χ1v) is 6.47. The molecule has 6 nitrogen and oxygen atoms in total. The van der Waals surface area contributed by atoms with Gasteiger partial charge < -0.3 is 4.74 Å². The van der Waals surface area contributed by atoms with E-state index in [1.165, 1.54) is 6.07 Å². The summed E-state index contributed by atoms with van der Waals surface area (Å²) in [5.41, 5.74) is 0.910. The molecule has 0 spiro atoms. The van der Waals surface area contributed by atoms with Crippen molar-refractivity contribution in [3.63, 3.8) is 0 Å². The van der Waals surface area contributed by atoms with Crippen LogP contribution in [0, 0.1) is 5.92 Å². The minimum Gasteiger partial charge on any atom is -0.468 e. The number of carbonyl (C=O) groups excluding carboxylic acids is 4. The second kappa shape index (κ2) is 5.65. The molecule has 1 unspecified atom stereocenters. The number of carbonyl (C=O) groups is 4. The van der Waals surface area contributed by atoms with Crippen LogP contribution < -0.4 is 0 Å². The number of benzene rings is 1. The van der Waals surface area contributed by atoms with Crippen molar-refractivity contribution in [1.29, 1.82) is 0 Å². The number of fused-ring (bicyclic) bond motifs is 1. The first kappa shape index (κ1) is 15.2. The van der Waals surface area contributed by atoms with E-state index in [1.54, 1.807) is 12.1 Å². The van der Waals surface area contributed by atoms with Gasteiger partial charge in [0.05, 0.1) is 13.7 Å². The van der Waals surface area contributed by atoms with Crippen molar-refractivity contribution in [1.82, 2.24) is 4.90 Å². The molecule has 1 aromatic rings. The largest absolute Gasteiger partial charge is 0.468 e. The molecular weight excluding hydrogens is 298 g/mol. The Labute approximate surface area is 125 Å². The monoisotopic (exact) mass is 309 g/mol. The van der Waals surface area contributed by atoms with Gasteiger partial charge in [-0.2, -0.15) is 0 Å². The Morgan fingerprint density at radius 1 is 1.33 bits per heavy atom. The summed E-state index contributed by atoms with van der Waals surface area (Å²) in [5.74, 6) is -4.73. The van der Waals surface area contributed by atoms with Crippen molar-refractivity contribution in [2.75, 3.05) is 7.11 Å². The quantitative estimate of drug-likeness (QED) is 0.619. The molecule has 7 heteroatoms. The molecule has 1 aliphatic heterocycles. The highest BCUT2D eigenvalue weighted by Gasteiger charge is 2.41. The summed E-state index contributed by atoms with van der Waals surface area (Å²) in [4.78, 5) is 48.4. The van der Waals surface area contributed by atoms with E-state index in [4.69, 9.17) is 11.6 Å². The Bertz CT molecular complexity index is 655. The highest BCUT2D eigenvalue weighted by Crippen LogP contribution is 2.27. The Kier molecular flexibility index (Phi) is 4.09. The van der Waals surface area contributed by atoms with Crippen molar-refractivity contribution in [2.45, 2.75) is 13.5 Å². The van der Waals surface area contributed by atoms with Crippen LogP contribution in [-0.4, -0.2) is 35.6 Å². The standard InChI is InChI=1S/C14H12ClNO5/c1-7(17)11(14(20)21-2)13(19)16-6-8-3-4-9(15)5-10(8)12(16)18/h3-5,11H,6H2,1-2H3. The van der Waals surface area contributed by atoms with Crippen LogP contribution >= 0.6 is 11.6 Å². The number of hydrogen-bond donors (Lipinski definition) is 0. The lowest BCUT2D eigenvalue weighted by Crippen LogP contribution is -2.43. The Balaban J connectivity index is 2.32. The van der Waals surface area contributed by atoms with Crippen LogP contribution in [0.5, 0.6) is 0 Å². The van der Waals surface area contributed by atoms with E-state index in [2.05, 4.69) is 4.74 Å². The smallest absolute Gasteiger partial charge is 0.325 e. The molecule has 0 bridgehead atoms. The lowest BCUT2D eigenvalue weighted by Gasteiger charge is -2.18. The SMILES string of the molecule is COC(=O)C(C(C)=O)C(=O)N1Cc2ccc(Cl)cc2C1=O. The second-order valence-corrected chi connectivity index (χ2v) is 5.03. The van der Waals surface area contributed by atoms with Crippen LogP contribution in [0.3, 0.4) is 0 Å². The Hall–Kier alpha value is -2.21. The molecule has 2 rings (SSSR count). The van der Waals surface area contributed by atoms with Crippen LogP contribution in [0.4, 0.5) is 0 Å². The molecule has 0 N–H and O–H groups in total. The number of ketones is 1. The minimum absolute atomic E-state index is 0.00490. The minimum atomic E-state index is -1.62. The van der Waals surface area contributed by atoms with Gasteiger partial charge in [-0.15, -0.1) is 0 Å². The lowest BCUT2D eigenvalue weighted by atomic mass is 10.0. The van der Waals surface area contributed by atoms with Crippen LogP contribution in [-0.2, 0) is 25.7 Å². The maximum Gasteiger partial charge on any atom is 0.325 e. The van der Waals surface area contributed by atoms with E-state index in [-0.39, 0.29) is 6.54 Å². The van der Waals surface area contributed by atoms with Crippen molar-refractivity contribution in [3.8, 4) is 0 Å². The fourth-order valence-corrected chi connectivity index (χ4v) is 2.34. The number of Topliss-reactive ketones (excluding diaryl/α,β-unsaturated/α-hetero) is 1. The summed E-state index contributed by atoms with van der Waals surface area (Å²) in [7, 11) is 1.08. The number of amides is 2. The Morgan fingerprint density at radius 3 is 2.57 bits per heavy atom. The summed E-state index contributed by atoms with van der Waals surface area (Å²) in [6, 6.07) is 4.68. The van der Waals surface area contributed by atoms with E-state index >= 15 is 0 Å². The molecule has 0 aliphatic carbocycles. The third-order valence-corrected chi connectivity index (χ3v) is 3.47. The van der Waals surface area contributed by atoms with E-state index in [0.29, 0.717) is 16.1 Å². The molecule has 2 amide bonds. The summed E-state index contributed by atoms with van der Waals surface area (Å²) in [5, 5.41) is 0.368. The molecule has 1 aromatic carbocycles. The third kappa shape index (κ3) is 2.67. The van der Waals surface area contributed by atoms with Crippen LogP contribution in [0.1, 0.15) is 22.8 Å². The highest BCUT2D eigenvalue weighted by molar-refractivity contribution is 6.31. The predicted octanol–water partition coefficient (Wildman–Crippen LogP) is 1.20. The number of imide groups is 1. The van der Waals surface area contributed by atoms with Crippen molar-refractivity contribution < 1.29 is 23.9 Å². The maximum atomic E-state index is 12.3. The number of ether oxygens (including phenoxy) is 1.